The summed E-state index contributed by atoms with van der Waals surface area (Å²) in [5.74, 6) is 0.0689. The maximum atomic E-state index is 13.8. The van der Waals surface area contributed by atoms with Gasteiger partial charge in [-0.05, 0) is 6.26 Å². The van der Waals surface area contributed by atoms with Crippen LogP contribution in [0.3, 0.4) is 0 Å². The minimum Gasteiger partial charge on any atom is -0.387 e. The highest BCUT2D eigenvalue weighted by Gasteiger charge is 2.44. The minimum absolute atomic E-state index is 0.0689. The third kappa shape index (κ3) is 2.95. The molecule has 0 spiro atoms. The maximum Gasteiger partial charge on any atom is 0.312 e. The molecule has 2 N–H and O–H groups in total. The zero-order chi connectivity index (χ0) is 17.4. The number of thioether (sulfide) groups is 1. The van der Waals surface area contributed by atoms with Crippen molar-refractivity contribution in [2.75, 3.05) is 20.4 Å². The minimum atomic E-state index is -1.19. The van der Waals surface area contributed by atoms with Crippen molar-refractivity contribution < 1.29 is 19.3 Å². The highest BCUT2D eigenvalue weighted by atomic mass is 32.2. The third-order valence-electron chi connectivity index (χ3n) is 3.49. The van der Waals surface area contributed by atoms with Crippen molar-refractivity contribution in [2.45, 2.75) is 23.9 Å². The molecule has 2 aromatic rings. The molecule has 3 rings (SSSR count). The van der Waals surface area contributed by atoms with Gasteiger partial charge in [-0.2, -0.15) is 14.4 Å². The number of nitrogens with zero attached hydrogens (tertiary/aromatic N) is 6. The Bertz CT molecular complexity index is 769. The molecule has 0 radical (unpaired) electrons. The molecule has 9 nitrogen and oxygen atoms in total. The van der Waals surface area contributed by atoms with E-state index in [0.717, 1.165) is 0 Å². The Morgan fingerprint density at radius 2 is 2.12 bits per heavy atom. The van der Waals surface area contributed by atoms with E-state index in [0.29, 0.717) is 0 Å². The molecule has 130 valence electrons. The summed E-state index contributed by atoms with van der Waals surface area (Å²) in [6.45, 7) is 0. The SMILES string of the molecule is CS[C@H]1O[C@@H](n2cnc3c(N=CN(C)C)nc(F)nc32)[C@H](O)[C@@H]1O. The van der Waals surface area contributed by atoms with Gasteiger partial charge in [0.1, 0.15) is 17.6 Å². The van der Waals surface area contributed by atoms with E-state index in [1.54, 1.807) is 25.3 Å². The second kappa shape index (κ2) is 6.59. The highest BCUT2D eigenvalue weighted by Crippen LogP contribution is 2.36. The summed E-state index contributed by atoms with van der Waals surface area (Å²) in [4.78, 5) is 17.3. The number of aliphatic imine (C=N–C) groups is 1. The van der Waals surface area contributed by atoms with Crippen molar-refractivity contribution in [1.82, 2.24) is 24.4 Å². The predicted octanol–water partition coefficient (Wildman–Crippen LogP) is 0.126. The Kier molecular flexibility index (Phi) is 4.67. The molecule has 1 saturated heterocycles. The molecule has 1 aliphatic heterocycles. The van der Waals surface area contributed by atoms with E-state index in [4.69, 9.17) is 4.74 Å². The Balaban J connectivity index is 2.05. The van der Waals surface area contributed by atoms with Gasteiger partial charge in [0.15, 0.2) is 23.2 Å². The number of aromatic nitrogens is 4. The Morgan fingerprint density at radius 1 is 1.38 bits per heavy atom. The van der Waals surface area contributed by atoms with Crippen LogP contribution >= 0.6 is 11.8 Å². The number of ether oxygens (including phenoxy) is 1. The van der Waals surface area contributed by atoms with E-state index in [9.17, 15) is 14.6 Å². The van der Waals surface area contributed by atoms with Gasteiger partial charge in [0, 0.05) is 14.1 Å². The molecule has 11 heteroatoms. The molecule has 3 heterocycles. The molecular weight excluding hydrogens is 339 g/mol. The van der Waals surface area contributed by atoms with E-state index >= 15 is 0 Å². The van der Waals surface area contributed by atoms with Crippen LogP contribution in [-0.4, -0.2) is 79.0 Å². The quantitative estimate of drug-likeness (QED) is 0.452. The average Bonchev–Trinajstić information content (AvgIpc) is 3.07. The number of aliphatic hydroxyl groups is 2. The number of hydrogen-bond donors (Lipinski definition) is 2. The molecule has 4 atom stereocenters. The topological polar surface area (TPSA) is 109 Å². The predicted molar refractivity (Wildman–Crippen MR) is 86.6 cm³/mol. The number of halogens is 1. The number of imidazole rings is 1. The van der Waals surface area contributed by atoms with Crippen LogP contribution in [-0.2, 0) is 4.74 Å². The molecule has 0 aliphatic carbocycles. The molecule has 0 amide bonds. The van der Waals surface area contributed by atoms with E-state index in [1.165, 1.54) is 29.0 Å². The first-order chi connectivity index (χ1) is 11.4. The Labute approximate surface area is 141 Å². The molecule has 1 aliphatic rings. The first kappa shape index (κ1) is 17.0. The van der Waals surface area contributed by atoms with Gasteiger partial charge in [-0.15, -0.1) is 11.8 Å². The zero-order valence-electron chi connectivity index (χ0n) is 13.2. The lowest BCUT2D eigenvalue weighted by molar-refractivity contribution is -0.0193. The van der Waals surface area contributed by atoms with Gasteiger partial charge in [-0.1, -0.05) is 0 Å². The van der Waals surface area contributed by atoms with Crippen molar-refractivity contribution in [3.63, 3.8) is 0 Å². The van der Waals surface area contributed by atoms with Crippen LogP contribution in [0.5, 0.6) is 0 Å². The van der Waals surface area contributed by atoms with Crippen LogP contribution in [0.1, 0.15) is 6.23 Å². The molecule has 24 heavy (non-hydrogen) atoms. The lowest BCUT2D eigenvalue weighted by Gasteiger charge is -2.16. The Morgan fingerprint density at radius 3 is 2.75 bits per heavy atom. The molecule has 1 fully saturated rings. The molecule has 0 bridgehead atoms. The van der Waals surface area contributed by atoms with Gasteiger partial charge in [0.2, 0.25) is 0 Å². The number of hydrogen-bond acceptors (Lipinski definition) is 8. The van der Waals surface area contributed by atoms with Crippen molar-refractivity contribution >= 4 is 35.1 Å². The normalized spacial score (nSPS) is 27.4. The third-order valence-corrected chi connectivity index (χ3v) is 4.34. The average molecular weight is 356 g/mol. The van der Waals surface area contributed by atoms with Gasteiger partial charge < -0.3 is 19.8 Å². The first-order valence-electron chi connectivity index (χ1n) is 7.07. The Hall–Kier alpha value is -1.82. The van der Waals surface area contributed by atoms with Gasteiger partial charge in [-0.3, -0.25) is 4.57 Å². The monoisotopic (exact) mass is 356 g/mol. The van der Waals surface area contributed by atoms with Crippen LogP contribution < -0.4 is 0 Å². The van der Waals surface area contributed by atoms with Crippen molar-refractivity contribution in [3.05, 3.63) is 12.4 Å². The number of fused-ring (bicyclic) bond motifs is 1. The summed E-state index contributed by atoms with van der Waals surface area (Å²) in [5, 5.41) is 20.2. The summed E-state index contributed by atoms with van der Waals surface area (Å²) in [5.41, 5.74) is -0.195. The molecular formula is C13H17FN6O3S. The fourth-order valence-corrected chi connectivity index (χ4v) is 3.04. The second-order valence-corrected chi connectivity index (χ2v) is 6.40. The second-order valence-electron chi connectivity index (χ2n) is 5.46. The smallest absolute Gasteiger partial charge is 0.312 e. The lowest BCUT2D eigenvalue weighted by Crippen LogP contribution is -2.30. The van der Waals surface area contributed by atoms with Crippen molar-refractivity contribution in [1.29, 1.82) is 0 Å². The van der Waals surface area contributed by atoms with E-state index in [-0.39, 0.29) is 17.0 Å². The number of rotatable bonds is 4. The van der Waals surface area contributed by atoms with Crippen LogP contribution in [0.4, 0.5) is 10.2 Å². The largest absolute Gasteiger partial charge is 0.387 e. The summed E-state index contributed by atoms with van der Waals surface area (Å²) in [6.07, 6.45) is 0.426. The van der Waals surface area contributed by atoms with Gasteiger partial charge in [-0.25, -0.2) is 9.98 Å². The molecule has 0 aromatic carbocycles. The maximum absolute atomic E-state index is 13.8. The van der Waals surface area contributed by atoms with Crippen LogP contribution in [0.2, 0.25) is 0 Å². The van der Waals surface area contributed by atoms with Gasteiger partial charge in [0.25, 0.3) is 0 Å². The summed E-state index contributed by atoms with van der Waals surface area (Å²) in [6, 6.07) is 0. The standard InChI is InChI=1S/C13H17FN6O3S/c1-19(2)4-16-9-6-10(18-13(14)17-9)20(5-15-6)11-7(21)8(22)12(23-11)24-3/h4-5,7-8,11-12,21-22H,1-3H3/t7-,8+,11-,12-/m1/s1. The van der Waals surface area contributed by atoms with Crippen LogP contribution in [0, 0.1) is 6.08 Å². The lowest BCUT2D eigenvalue weighted by atomic mass is 10.2. The number of aliphatic hydroxyl groups excluding tert-OH is 2. The van der Waals surface area contributed by atoms with Crippen LogP contribution in [0.15, 0.2) is 11.3 Å². The fourth-order valence-electron chi connectivity index (χ4n) is 2.38. The summed E-state index contributed by atoms with van der Waals surface area (Å²) >= 11 is 1.27. The van der Waals surface area contributed by atoms with E-state index < -0.39 is 30.0 Å². The first-order valence-corrected chi connectivity index (χ1v) is 8.36. The summed E-state index contributed by atoms with van der Waals surface area (Å²) in [7, 11) is 3.53. The summed E-state index contributed by atoms with van der Waals surface area (Å²) < 4.78 is 20.8. The van der Waals surface area contributed by atoms with Gasteiger partial charge in [0.05, 0.1) is 12.7 Å². The van der Waals surface area contributed by atoms with Crippen molar-refractivity contribution in [3.8, 4) is 0 Å². The zero-order valence-corrected chi connectivity index (χ0v) is 14.1. The van der Waals surface area contributed by atoms with Crippen LogP contribution in [0.25, 0.3) is 11.2 Å². The van der Waals surface area contributed by atoms with Gasteiger partial charge >= 0.3 is 6.08 Å². The highest BCUT2D eigenvalue weighted by molar-refractivity contribution is 7.99. The van der Waals surface area contributed by atoms with Crippen molar-refractivity contribution in [2.24, 2.45) is 4.99 Å². The molecule has 0 saturated carbocycles. The molecule has 2 aromatic heterocycles. The van der Waals surface area contributed by atoms with E-state index in [2.05, 4.69) is 19.9 Å². The molecule has 0 unspecified atom stereocenters. The van der Waals surface area contributed by atoms with E-state index in [1.807, 2.05) is 0 Å². The fraction of sp³-hybridized carbons (Fsp3) is 0.538.